The zero-order valence-corrected chi connectivity index (χ0v) is 10.1. The Balaban J connectivity index is 3.49. The molecule has 1 aromatic rings. The number of aryl methyl sites for hydroxylation is 1. The van der Waals surface area contributed by atoms with Crippen LogP contribution in [0.2, 0.25) is 0 Å². The smallest absolute Gasteiger partial charge is 0.481 e. The van der Waals surface area contributed by atoms with Gasteiger partial charge in [0.25, 0.3) is 0 Å². The lowest BCUT2D eigenvalue weighted by atomic mass is 10.3. The van der Waals surface area contributed by atoms with Crippen LogP contribution in [-0.4, -0.2) is 26.9 Å². The van der Waals surface area contributed by atoms with Crippen LogP contribution in [0.4, 0.5) is 13.2 Å². The molecule has 1 heterocycles. The lowest BCUT2D eigenvalue weighted by Gasteiger charge is -2.14. The van der Waals surface area contributed by atoms with Crippen molar-refractivity contribution in [3.63, 3.8) is 0 Å². The molecule has 1 rings (SSSR count). The molecule has 2 N–H and O–H groups in total. The van der Waals surface area contributed by atoms with Gasteiger partial charge in [-0.05, 0) is 6.92 Å². The van der Waals surface area contributed by atoms with Crippen molar-refractivity contribution in [2.45, 2.75) is 18.2 Å². The van der Waals surface area contributed by atoms with Gasteiger partial charge in [0.15, 0.2) is 5.75 Å². The van der Waals surface area contributed by atoms with Crippen LogP contribution in [0.15, 0.2) is 11.0 Å². The second-order valence-electron chi connectivity index (χ2n) is 3.17. The molecule has 0 amide bonds. The quantitative estimate of drug-likeness (QED) is 0.893. The molecule has 0 bridgehead atoms. The van der Waals surface area contributed by atoms with Crippen LogP contribution in [0.3, 0.4) is 0 Å². The number of rotatable bonds is 3. The average molecular weight is 286 g/mol. The van der Waals surface area contributed by atoms with Crippen molar-refractivity contribution in [1.82, 2.24) is 4.98 Å². The number of aromatic nitrogens is 1. The third-order valence-corrected chi connectivity index (χ3v) is 2.73. The first-order valence-electron chi connectivity index (χ1n) is 4.39. The van der Waals surface area contributed by atoms with Crippen LogP contribution in [-0.2, 0) is 10.0 Å². The van der Waals surface area contributed by atoms with Gasteiger partial charge in [-0.2, -0.15) is 0 Å². The van der Waals surface area contributed by atoms with Crippen LogP contribution < -0.4 is 14.6 Å². The van der Waals surface area contributed by atoms with Gasteiger partial charge < -0.3 is 9.47 Å². The SMILES string of the molecule is COc1cc(S(N)(=O)=O)c(OC(F)(F)F)c(C)n1. The maximum absolute atomic E-state index is 12.2. The standard InChI is InChI=1S/C8H9F3N2O4S/c1-4-7(17-8(9,10)11)5(18(12,14)15)3-6(13-4)16-2/h3H,1-2H3,(H2,12,14,15). The van der Waals surface area contributed by atoms with Crippen molar-refractivity contribution in [3.05, 3.63) is 11.8 Å². The molecule has 102 valence electrons. The number of methoxy groups -OCH3 is 1. The van der Waals surface area contributed by atoms with E-state index in [2.05, 4.69) is 14.5 Å². The molecule has 18 heavy (non-hydrogen) atoms. The van der Waals surface area contributed by atoms with E-state index in [4.69, 9.17) is 5.14 Å². The van der Waals surface area contributed by atoms with Gasteiger partial charge in [-0.15, -0.1) is 13.2 Å². The van der Waals surface area contributed by atoms with Crippen molar-refractivity contribution >= 4 is 10.0 Å². The molecule has 0 saturated heterocycles. The fourth-order valence-electron chi connectivity index (χ4n) is 1.16. The molecule has 1 aromatic heterocycles. The van der Waals surface area contributed by atoms with Crippen molar-refractivity contribution in [2.24, 2.45) is 5.14 Å². The summed E-state index contributed by atoms with van der Waals surface area (Å²) in [5.41, 5.74) is -0.310. The minimum Gasteiger partial charge on any atom is -0.481 e. The number of halogens is 3. The van der Waals surface area contributed by atoms with Gasteiger partial charge in [-0.3, -0.25) is 0 Å². The third kappa shape index (κ3) is 3.47. The van der Waals surface area contributed by atoms with Crippen LogP contribution >= 0.6 is 0 Å². The summed E-state index contributed by atoms with van der Waals surface area (Å²) >= 11 is 0. The van der Waals surface area contributed by atoms with E-state index in [0.29, 0.717) is 0 Å². The van der Waals surface area contributed by atoms with Gasteiger partial charge in [0.2, 0.25) is 15.9 Å². The van der Waals surface area contributed by atoms with Crippen molar-refractivity contribution < 1.29 is 31.1 Å². The monoisotopic (exact) mass is 286 g/mol. The molecule has 0 spiro atoms. The summed E-state index contributed by atoms with van der Waals surface area (Å²) in [6, 6.07) is 0.753. The fourth-order valence-corrected chi connectivity index (χ4v) is 1.87. The zero-order chi connectivity index (χ0) is 14.1. The lowest BCUT2D eigenvalue weighted by molar-refractivity contribution is -0.275. The molecule has 0 unspecified atom stereocenters. The van der Waals surface area contributed by atoms with E-state index in [-0.39, 0.29) is 11.6 Å². The number of hydrogen-bond acceptors (Lipinski definition) is 5. The number of ether oxygens (including phenoxy) is 2. The lowest BCUT2D eigenvalue weighted by Crippen LogP contribution is -2.22. The number of nitrogens with two attached hydrogens (primary N) is 1. The highest BCUT2D eigenvalue weighted by Gasteiger charge is 2.35. The fraction of sp³-hybridized carbons (Fsp3) is 0.375. The number of nitrogens with zero attached hydrogens (tertiary/aromatic N) is 1. The highest BCUT2D eigenvalue weighted by molar-refractivity contribution is 7.89. The summed E-state index contributed by atoms with van der Waals surface area (Å²) in [6.07, 6.45) is -5.06. The third-order valence-electron chi connectivity index (χ3n) is 1.82. The molecule has 0 radical (unpaired) electrons. The van der Waals surface area contributed by atoms with Crippen LogP contribution in [0.25, 0.3) is 0 Å². The predicted molar refractivity (Wildman–Crippen MR) is 53.6 cm³/mol. The van der Waals surface area contributed by atoms with Gasteiger partial charge in [0, 0.05) is 6.07 Å². The summed E-state index contributed by atoms with van der Waals surface area (Å²) < 4.78 is 67.1. The Labute approximate surface area is 101 Å². The Morgan fingerprint density at radius 2 is 1.94 bits per heavy atom. The van der Waals surface area contributed by atoms with E-state index in [1.165, 1.54) is 7.11 Å². The molecule has 0 aliphatic rings. The van der Waals surface area contributed by atoms with Gasteiger partial charge in [0.05, 0.1) is 12.8 Å². The molecule has 0 aliphatic carbocycles. The molecule has 0 saturated carbocycles. The zero-order valence-electron chi connectivity index (χ0n) is 9.28. The minimum atomic E-state index is -5.06. The molecule has 0 aromatic carbocycles. The second kappa shape index (κ2) is 4.61. The van der Waals surface area contributed by atoms with Crippen molar-refractivity contribution in [2.75, 3.05) is 7.11 Å². The Bertz CT molecular complexity index is 556. The van der Waals surface area contributed by atoms with Gasteiger partial charge in [-0.1, -0.05) is 0 Å². The van der Waals surface area contributed by atoms with E-state index in [9.17, 15) is 21.6 Å². The van der Waals surface area contributed by atoms with E-state index < -0.39 is 27.0 Å². The predicted octanol–water partition coefficient (Wildman–Crippen LogP) is 0.945. The maximum atomic E-state index is 12.2. The van der Waals surface area contributed by atoms with Crippen molar-refractivity contribution in [3.8, 4) is 11.6 Å². The maximum Gasteiger partial charge on any atom is 0.573 e. The molecule has 6 nitrogen and oxygen atoms in total. The molecule has 10 heteroatoms. The number of alkyl halides is 3. The summed E-state index contributed by atoms with van der Waals surface area (Å²) in [6.45, 7) is 1.14. The normalized spacial score (nSPS) is 12.3. The molecule has 0 aliphatic heterocycles. The Morgan fingerprint density at radius 1 is 1.39 bits per heavy atom. The first-order chi connectivity index (χ1) is 8.04. The van der Waals surface area contributed by atoms with Crippen LogP contribution in [0.5, 0.6) is 11.6 Å². The highest BCUT2D eigenvalue weighted by Crippen LogP contribution is 2.33. The summed E-state index contributed by atoms with van der Waals surface area (Å²) in [7, 11) is -3.23. The number of sulfonamides is 1. The van der Waals surface area contributed by atoms with E-state index in [0.717, 1.165) is 13.0 Å². The number of primary sulfonamides is 1. The van der Waals surface area contributed by atoms with Crippen LogP contribution in [0, 0.1) is 6.92 Å². The number of pyridine rings is 1. The summed E-state index contributed by atoms with van der Waals surface area (Å²) in [4.78, 5) is 2.74. The number of hydrogen-bond donors (Lipinski definition) is 1. The average Bonchev–Trinajstić information content (AvgIpc) is 2.17. The van der Waals surface area contributed by atoms with Gasteiger partial charge in [0.1, 0.15) is 4.90 Å². The van der Waals surface area contributed by atoms with E-state index in [1.54, 1.807) is 0 Å². The summed E-state index contributed by atoms with van der Waals surface area (Å²) in [5, 5.41) is 4.81. The van der Waals surface area contributed by atoms with Crippen molar-refractivity contribution in [1.29, 1.82) is 0 Å². The minimum absolute atomic E-state index is 0.189. The largest absolute Gasteiger partial charge is 0.573 e. The Kier molecular flexibility index (Phi) is 3.72. The molecule has 0 fully saturated rings. The first kappa shape index (κ1) is 14.5. The highest BCUT2D eigenvalue weighted by atomic mass is 32.2. The van der Waals surface area contributed by atoms with E-state index in [1.807, 2.05) is 0 Å². The van der Waals surface area contributed by atoms with E-state index >= 15 is 0 Å². The Morgan fingerprint density at radius 3 is 2.33 bits per heavy atom. The first-order valence-corrected chi connectivity index (χ1v) is 5.93. The van der Waals surface area contributed by atoms with Gasteiger partial charge in [-0.25, -0.2) is 18.5 Å². The second-order valence-corrected chi connectivity index (χ2v) is 4.70. The molecule has 0 atom stereocenters. The summed E-state index contributed by atoms with van der Waals surface area (Å²) in [5.74, 6) is -1.16. The van der Waals surface area contributed by atoms with Crippen LogP contribution in [0.1, 0.15) is 5.69 Å². The van der Waals surface area contributed by atoms with Gasteiger partial charge >= 0.3 is 6.36 Å². The molecular weight excluding hydrogens is 277 g/mol. The topological polar surface area (TPSA) is 91.5 Å². The Hall–Kier alpha value is -1.55. The molecular formula is C8H9F3N2O4S.